The van der Waals surface area contributed by atoms with Gasteiger partial charge in [-0.2, -0.15) is 0 Å². The van der Waals surface area contributed by atoms with Crippen LogP contribution in [0.2, 0.25) is 0 Å². The molecule has 1 aliphatic heterocycles. The number of nitrogens with one attached hydrogen (secondary N) is 1. The van der Waals surface area contributed by atoms with Gasteiger partial charge in [-0.05, 0) is 24.3 Å². The molecule has 31 heavy (non-hydrogen) atoms. The minimum atomic E-state index is -0.290. The third kappa shape index (κ3) is 5.42. The fourth-order valence-electron chi connectivity index (χ4n) is 3.44. The van der Waals surface area contributed by atoms with Crippen LogP contribution in [0.4, 0.5) is 17.3 Å². The lowest BCUT2D eigenvalue weighted by molar-refractivity contribution is -0.118. The number of aromatic nitrogens is 2. The van der Waals surface area contributed by atoms with E-state index in [0.717, 1.165) is 32.0 Å². The molecule has 1 saturated heterocycles. The molecular formula is C23H25N5O3. The van der Waals surface area contributed by atoms with Crippen molar-refractivity contribution in [1.29, 1.82) is 0 Å². The van der Waals surface area contributed by atoms with Gasteiger partial charge >= 0.3 is 0 Å². The van der Waals surface area contributed by atoms with E-state index < -0.39 is 0 Å². The van der Waals surface area contributed by atoms with Gasteiger partial charge in [0.25, 0.3) is 5.91 Å². The fourth-order valence-corrected chi connectivity index (χ4v) is 3.44. The van der Waals surface area contributed by atoms with Crippen LogP contribution < -0.4 is 24.6 Å². The molecule has 0 atom stereocenters. The molecule has 0 spiro atoms. The minimum Gasteiger partial charge on any atom is -0.497 e. The summed E-state index contributed by atoms with van der Waals surface area (Å²) in [7, 11) is 1.58. The quantitative estimate of drug-likeness (QED) is 0.631. The van der Waals surface area contributed by atoms with Crippen molar-refractivity contribution in [1.82, 2.24) is 9.97 Å². The van der Waals surface area contributed by atoms with E-state index in [2.05, 4.69) is 49.4 Å². The summed E-state index contributed by atoms with van der Waals surface area (Å²) >= 11 is 0. The molecule has 1 fully saturated rings. The summed E-state index contributed by atoms with van der Waals surface area (Å²) < 4.78 is 10.7. The topological polar surface area (TPSA) is 79.8 Å². The minimum absolute atomic E-state index is 0.123. The lowest BCUT2D eigenvalue weighted by Gasteiger charge is -2.36. The normalized spacial score (nSPS) is 13.6. The van der Waals surface area contributed by atoms with Crippen molar-refractivity contribution in [2.24, 2.45) is 0 Å². The maximum Gasteiger partial charge on any atom is 0.263 e. The van der Waals surface area contributed by atoms with Crippen LogP contribution in [0.3, 0.4) is 0 Å². The summed E-state index contributed by atoms with van der Waals surface area (Å²) in [4.78, 5) is 25.4. The van der Waals surface area contributed by atoms with Crippen molar-refractivity contribution in [2.75, 3.05) is 55.0 Å². The molecule has 0 saturated carbocycles. The van der Waals surface area contributed by atoms with Crippen molar-refractivity contribution in [3.8, 4) is 11.5 Å². The number of amides is 1. The van der Waals surface area contributed by atoms with Crippen LogP contribution in [0.25, 0.3) is 0 Å². The van der Waals surface area contributed by atoms with Crippen LogP contribution in [-0.2, 0) is 4.79 Å². The lowest BCUT2D eigenvalue weighted by Crippen LogP contribution is -2.46. The van der Waals surface area contributed by atoms with Crippen LogP contribution in [-0.4, -0.2) is 55.8 Å². The summed E-state index contributed by atoms with van der Waals surface area (Å²) in [6.07, 6.45) is 1.47. The standard InChI is InChI=1S/C23H25N5O3/c1-30-19-8-5-9-20(14-19)31-16-23(29)26-21-15-22(25-17-24-21)28-12-10-27(11-13-28)18-6-3-2-4-7-18/h2-9,14-15,17H,10-13,16H2,1H3,(H,24,25,26,29). The summed E-state index contributed by atoms with van der Waals surface area (Å²) in [5.74, 6) is 2.20. The molecule has 1 amide bonds. The number of hydrogen-bond acceptors (Lipinski definition) is 7. The highest BCUT2D eigenvalue weighted by atomic mass is 16.5. The molecule has 2 heterocycles. The number of ether oxygens (including phenoxy) is 2. The Morgan fingerprint density at radius 3 is 2.45 bits per heavy atom. The largest absolute Gasteiger partial charge is 0.497 e. The first kappa shape index (κ1) is 20.5. The molecule has 0 radical (unpaired) electrons. The average Bonchev–Trinajstić information content (AvgIpc) is 2.84. The number of para-hydroxylation sites is 1. The molecule has 2 aromatic carbocycles. The Morgan fingerprint density at radius 1 is 0.935 bits per heavy atom. The van der Waals surface area contributed by atoms with Crippen LogP contribution in [0.5, 0.6) is 11.5 Å². The first-order chi connectivity index (χ1) is 15.2. The highest BCUT2D eigenvalue weighted by Gasteiger charge is 2.19. The molecule has 0 bridgehead atoms. The van der Waals surface area contributed by atoms with E-state index in [9.17, 15) is 4.79 Å². The number of rotatable bonds is 7. The second kappa shape index (κ2) is 9.80. The van der Waals surface area contributed by atoms with Crippen molar-refractivity contribution in [3.63, 3.8) is 0 Å². The predicted octanol–water partition coefficient (Wildman–Crippen LogP) is 2.83. The highest BCUT2D eigenvalue weighted by Crippen LogP contribution is 2.21. The third-order valence-corrected chi connectivity index (χ3v) is 5.06. The molecule has 3 aromatic rings. The van der Waals surface area contributed by atoms with E-state index in [1.807, 2.05) is 12.1 Å². The van der Waals surface area contributed by atoms with Gasteiger partial charge in [-0.1, -0.05) is 24.3 Å². The SMILES string of the molecule is COc1cccc(OCC(=O)Nc2cc(N3CCN(c4ccccc4)CC3)ncn2)c1. The first-order valence-corrected chi connectivity index (χ1v) is 10.1. The number of anilines is 3. The molecule has 0 unspecified atom stereocenters. The molecule has 1 aromatic heterocycles. The highest BCUT2D eigenvalue weighted by molar-refractivity contribution is 5.91. The number of nitrogens with zero attached hydrogens (tertiary/aromatic N) is 4. The summed E-state index contributed by atoms with van der Waals surface area (Å²) in [6.45, 7) is 3.38. The van der Waals surface area contributed by atoms with E-state index in [-0.39, 0.29) is 12.5 Å². The maximum absolute atomic E-state index is 12.3. The van der Waals surface area contributed by atoms with Crippen LogP contribution in [0.1, 0.15) is 0 Å². The van der Waals surface area contributed by atoms with E-state index in [1.54, 1.807) is 31.4 Å². The van der Waals surface area contributed by atoms with E-state index in [0.29, 0.717) is 17.3 Å². The monoisotopic (exact) mass is 419 g/mol. The van der Waals surface area contributed by atoms with Gasteiger partial charge in [-0.3, -0.25) is 4.79 Å². The van der Waals surface area contributed by atoms with E-state index in [4.69, 9.17) is 9.47 Å². The van der Waals surface area contributed by atoms with Gasteiger partial charge in [-0.15, -0.1) is 0 Å². The van der Waals surface area contributed by atoms with E-state index in [1.165, 1.54) is 12.0 Å². The number of hydrogen-bond donors (Lipinski definition) is 1. The number of carbonyl (C=O) groups excluding carboxylic acids is 1. The second-order valence-electron chi connectivity index (χ2n) is 7.09. The van der Waals surface area contributed by atoms with Crippen LogP contribution in [0.15, 0.2) is 67.0 Å². The van der Waals surface area contributed by atoms with Gasteiger partial charge in [0.15, 0.2) is 6.61 Å². The average molecular weight is 419 g/mol. The van der Waals surface area contributed by atoms with Gasteiger partial charge in [-0.25, -0.2) is 9.97 Å². The zero-order valence-corrected chi connectivity index (χ0v) is 17.4. The number of benzene rings is 2. The molecule has 4 rings (SSSR count). The predicted molar refractivity (Wildman–Crippen MR) is 120 cm³/mol. The van der Waals surface area contributed by atoms with Crippen molar-refractivity contribution in [3.05, 3.63) is 67.0 Å². The maximum atomic E-state index is 12.3. The number of piperazine rings is 1. The fraction of sp³-hybridized carbons (Fsp3) is 0.261. The zero-order valence-electron chi connectivity index (χ0n) is 17.4. The smallest absolute Gasteiger partial charge is 0.263 e. The first-order valence-electron chi connectivity index (χ1n) is 10.1. The lowest BCUT2D eigenvalue weighted by atomic mass is 10.2. The Bertz CT molecular complexity index is 1010. The van der Waals surface area contributed by atoms with Gasteiger partial charge < -0.3 is 24.6 Å². The molecular weight excluding hydrogens is 394 g/mol. The summed E-state index contributed by atoms with van der Waals surface area (Å²) in [5.41, 5.74) is 1.23. The van der Waals surface area contributed by atoms with Crippen LogP contribution >= 0.6 is 0 Å². The summed E-state index contributed by atoms with van der Waals surface area (Å²) in [6, 6.07) is 19.3. The molecule has 8 nitrogen and oxygen atoms in total. The van der Waals surface area contributed by atoms with Crippen LogP contribution in [0, 0.1) is 0 Å². The van der Waals surface area contributed by atoms with Gasteiger partial charge in [0.1, 0.15) is 29.5 Å². The van der Waals surface area contributed by atoms with Crippen molar-refractivity contribution < 1.29 is 14.3 Å². The van der Waals surface area contributed by atoms with Gasteiger partial charge in [0.05, 0.1) is 7.11 Å². The third-order valence-electron chi connectivity index (χ3n) is 5.06. The number of carbonyl (C=O) groups is 1. The second-order valence-corrected chi connectivity index (χ2v) is 7.09. The Hall–Kier alpha value is -3.81. The molecule has 0 aliphatic carbocycles. The Labute approximate surface area is 181 Å². The zero-order chi connectivity index (χ0) is 21.5. The Morgan fingerprint density at radius 2 is 1.68 bits per heavy atom. The number of methoxy groups -OCH3 is 1. The van der Waals surface area contributed by atoms with Gasteiger partial charge in [0.2, 0.25) is 0 Å². The van der Waals surface area contributed by atoms with Crippen molar-refractivity contribution in [2.45, 2.75) is 0 Å². The molecule has 1 N–H and O–H groups in total. The van der Waals surface area contributed by atoms with Gasteiger partial charge in [0, 0.05) is 44.0 Å². The molecule has 8 heteroatoms. The summed E-state index contributed by atoms with van der Waals surface area (Å²) in [5, 5.41) is 2.77. The van der Waals surface area contributed by atoms with Crippen molar-refractivity contribution >= 4 is 23.2 Å². The molecule has 160 valence electrons. The Kier molecular flexibility index (Phi) is 6.47. The molecule has 1 aliphatic rings. The van der Waals surface area contributed by atoms with E-state index >= 15 is 0 Å². The Balaban J connectivity index is 1.30.